The zero-order valence-corrected chi connectivity index (χ0v) is 14.3. The molecule has 0 amide bonds. The highest BCUT2D eigenvalue weighted by Gasteiger charge is 2.12. The summed E-state index contributed by atoms with van der Waals surface area (Å²) in [4.78, 5) is 40.0. The van der Waals surface area contributed by atoms with E-state index in [4.69, 9.17) is 4.74 Å². The molecule has 26 heavy (non-hydrogen) atoms. The number of aromatic nitrogens is 2. The molecule has 0 fully saturated rings. The molecular formula is C20H18N2O4. The minimum Gasteiger partial charge on any atom is -0.457 e. The number of ether oxygens (including phenoxy) is 1. The van der Waals surface area contributed by atoms with Gasteiger partial charge in [0.05, 0.1) is 17.3 Å². The number of fused-ring (bicyclic) bond motifs is 1. The van der Waals surface area contributed by atoms with Gasteiger partial charge in [-0.25, -0.2) is 0 Å². The monoisotopic (exact) mass is 350 g/mol. The smallest absolute Gasteiger partial charge is 0.306 e. The van der Waals surface area contributed by atoms with Crippen molar-refractivity contribution in [1.82, 2.24) is 9.55 Å². The molecular weight excluding hydrogens is 332 g/mol. The summed E-state index contributed by atoms with van der Waals surface area (Å²) in [7, 11) is 1.80. The first kappa shape index (κ1) is 17.5. The third-order valence-corrected chi connectivity index (χ3v) is 4.13. The van der Waals surface area contributed by atoms with E-state index in [-0.39, 0.29) is 30.8 Å². The van der Waals surface area contributed by atoms with Gasteiger partial charge in [-0.3, -0.25) is 14.4 Å². The number of esters is 1. The first-order valence-electron chi connectivity index (χ1n) is 8.25. The number of carbonyl (C=O) groups excluding carboxylic acids is 2. The zero-order chi connectivity index (χ0) is 18.5. The molecule has 0 saturated carbocycles. The highest BCUT2D eigenvalue weighted by atomic mass is 16.5. The number of aryl methyl sites for hydroxylation is 2. The van der Waals surface area contributed by atoms with Gasteiger partial charge in [-0.05, 0) is 12.1 Å². The number of carbonyl (C=O) groups is 2. The maximum absolute atomic E-state index is 12.1. The lowest BCUT2D eigenvalue weighted by Crippen LogP contribution is -2.19. The average Bonchev–Trinajstić information content (AvgIpc) is 2.68. The molecule has 0 aliphatic carbocycles. The van der Waals surface area contributed by atoms with Crippen LogP contribution in [0.2, 0.25) is 0 Å². The number of rotatable bonds is 6. The van der Waals surface area contributed by atoms with Crippen molar-refractivity contribution in [2.45, 2.75) is 12.8 Å². The fraction of sp³-hybridized carbons (Fsp3) is 0.200. The van der Waals surface area contributed by atoms with Crippen LogP contribution in [0.1, 0.15) is 22.6 Å². The van der Waals surface area contributed by atoms with Crippen LogP contribution < -0.4 is 5.56 Å². The van der Waals surface area contributed by atoms with Gasteiger partial charge in [-0.1, -0.05) is 42.5 Å². The SMILES string of the molecule is Cn1c(CCC(=O)OCC(=O)c2ccccc2)nc(=O)c2ccccc21. The van der Waals surface area contributed by atoms with E-state index in [1.165, 1.54) is 0 Å². The van der Waals surface area contributed by atoms with Crippen molar-refractivity contribution in [2.75, 3.05) is 6.61 Å². The summed E-state index contributed by atoms with van der Waals surface area (Å²) in [6.45, 7) is -0.299. The summed E-state index contributed by atoms with van der Waals surface area (Å²) < 4.78 is 6.82. The molecule has 0 saturated heterocycles. The van der Waals surface area contributed by atoms with Crippen molar-refractivity contribution >= 4 is 22.7 Å². The molecule has 1 heterocycles. The third-order valence-electron chi connectivity index (χ3n) is 4.13. The third kappa shape index (κ3) is 3.85. The van der Waals surface area contributed by atoms with Crippen molar-refractivity contribution in [3.63, 3.8) is 0 Å². The van der Waals surface area contributed by atoms with E-state index in [0.29, 0.717) is 16.8 Å². The normalized spacial score (nSPS) is 10.7. The van der Waals surface area contributed by atoms with Gasteiger partial charge in [-0.2, -0.15) is 4.98 Å². The van der Waals surface area contributed by atoms with Crippen molar-refractivity contribution < 1.29 is 14.3 Å². The molecule has 0 N–H and O–H groups in total. The van der Waals surface area contributed by atoms with Crippen LogP contribution in [-0.2, 0) is 23.0 Å². The fourth-order valence-corrected chi connectivity index (χ4v) is 2.70. The van der Waals surface area contributed by atoms with Crippen LogP contribution in [0, 0.1) is 0 Å². The van der Waals surface area contributed by atoms with Crippen LogP contribution in [-0.4, -0.2) is 27.9 Å². The van der Waals surface area contributed by atoms with Gasteiger partial charge in [-0.15, -0.1) is 0 Å². The highest BCUT2D eigenvalue weighted by Crippen LogP contribution is 2.11. The minimum absolute atomic E-state index is 0.0424. The lowest BCUT2D eigenvalue weighted by atomic mass is 10.1. The molecule has 0 unspecified atom stereocenters. The van der Waals surface area contributed by atoms with Gasteiger partial charge in [0.25, 0.3) is 5.56 Å². The minimum atomic E-state index is -0.503. The van der Waals surface area contributed by atoms with Crippen molar-refractivity contribution in [3.8, 4) is 0 Å². The largest absolute Gasteiger partial charge is 0.457 e. The molecule has 3 aromatic rings. The molecule has 2 aromatic carbocycles. The van der Waals surface area contributed by atoms with Gasteiger partial charge in [0.15, 0.2) is 12.4 Å². The number of hydrogen-bond acceptors (Lipinski definition) is 5. The zero-order valence-electron chi connectivity index (χ0n) is 14.3. The molecule has 0 aliphatic heterocycles. The second-order valence-electron chi connectivity index (χ2n) is 5.86. The average molecular weight is 350 g/mol. The number of ketones is 1. The summed E-state index contributed by atoms with van der Waals surface area (Å²) >= 11 is 0. The molecule has 0 spiro atoms. The Bertz CT molecular complexity index is 1010. The standard InChI is InChI=1S/C20H18N2O4/c1-22-16-10-6-5-9-15(16)20(25)21-18(22)11-12-19(24)26-13-17(23)14-7-3-2-4-8-14/h2-10H,11-13H2,1H3. The predicted octanol–water partition coefficient (Wildman–Crippen LogP) is 2.29. The van der Waals surface area contributed by atoms with Crippen molar-refractivity contribution in [2.24, 2.45) is 7.05 Å². The summed E-state index contributed by atoms with van der Waals surface area (Å²) in [6.07, 6.45) is 0.301. The Balaban J connectivity index is 1.61. The molecule has 6 nitrogen and oxygen atoms in total. The van der Waals surface area contributed by atoms with Gasteiger partial charge in [0.1, 0.15) is 5.82 Å². The molecule has 0 radical (unpaired) electrons. The van der Waals surface area contributed by atoms with E-state index in [0.717, 1.165) is 5.52 Å². The van der Waals surface area contributed by atoms with Crippen LogP contribution in [0.25, 0.3) is 10.9 Å². The summed E-state index contributed by atoms with van der Waals surface area (Å²) in [5.41, 5.74) is 0.940. The lowest BCUT2D eigenvalue weighted by molar-refractivity contribution is -0.142. The summed E-state index contributed by atoms with van der Waals surface area (Å²) in [6, 6.07) is 15.8. The molecule has 3 rings (SSSR count). The maximum Gasteiger partial charge on any atom is 0.306 e. The number of Topliss-reactive ketones (excluding diaryl/α,β-unsaturated/α-hetero) is 1. The predicted molar refractivity (Wildman–Crippen MR) is 97.0 cm³/mol. The Morgan fingerprint density at radius 1 is 1.04 bits per heavy atom. The number of nitrogens with zero attached hydrogens (tertiary/aromatic N) is 2. The van der Waals surface area contributed by atoms with E-state index < -0.39 is 5.97 Å². The van der Waals surface area contributed by atoms with Gasteiger partial charge in [0, 0.05) is 19.0 Å². The topological polar surface area (TPSA) is 78.3 Å². The Kier molecular flexibility index (Phi) is 5.22. The first-order valence-corrected chi connectivity index (χ1v) is 8.25. The van der Waals surface area contributed by atoms with E-state index in [1.807, 2.05) is 18.2 Å². The van der Waals surface area contributed by atoms with Crippen LogP contribution in [0.15, 0.2) is 59.4 Å². The van der Waals surface area contributed by atoms with E-state index in [2.05, 4.69) is 4.98 Å². The molecule has 0 bridgehead atoms. The number of benzene rings is 2. The first-order chi connectivity index (χ1) is 12.6. The molecule has 1 aromatic heterocycles. The molecule has 6 heteroatoms. The highest BCUT2D eigenvalue weighted by molar-refractivity contribution is 5.97. The van der Waals surface area contributed by atoms with Gasteiger partial charge in [0.2, 0.25) is 0 Å². The van der Waals surface area contributed by atoms with Crippen molar-refractivity contribution in [1.29, 1.82) is 0 Å². The Hall–Kier alpha value is -3.28. The number of hydrogen-bond donors (Lipinski definition) is 0. The van der Waals surface area contributed by atoms with Crippen molar-refractivity contribution in [3.05, 3.63) is 76.3 Å². The fourth-order valence-electron chi connectivity index (χ4n) is 2.70. The quantitative estimate of drug-likeness (QED) is 0.503. The van der Waals surface area contributed by atoms with E-state index in [1.54, 1.807) is 48.0 Å². The lowest BCUT2D eigenvalue weighted by Gasteiger charge is -2.10. The van der Waals surface area contributed by atoms with Crippen LogP contribution >= 0.6 is 0 Å². The van der Waals surface area contributed by atoms with Gasteiger partial charge >= 0.3 is 5.97 Å². The number of para-hydroxylation sites is 1. The van der Waals surface area contributed by atoms with Crippen LogP contribution in [0.4, 0.5) is 0 Å². The van der Waals surface area contributed by atoms with E-state index >= 15 is 0 Å². The second kappa shape index (κ2) is 7.74. The summed E-state index contributed by atoms with van der Waals surface area (Å²) in [5.74, 6) is -0.257. The Morgan fingerprint density at radius 2 is 1.73 bits per heavy atom. The Labute approximate surface area is 150 Å². The summed E-state index contributed by atoms with van der Waals surface area (Å²) in [5, 5.41) is 0.537. The maximum atomic E-state index is 12.1. The van der Waals surface area contributed by atoms with Crippen LogP contribution in [0.3, 0.4) is 0 Å². The van der Waals surface area contributed by atoms with E-state index in [9.17, 15) is 14.4 Å². The second-order valence-corrected chi connectivity index (χ2v) is 5.86. The Morgan fingerprint density at radius 3 is 2.50 bits per heavy atom. The van der Waals surface area contributed by atoms with Gasteiger partial charge < -0.3 is 9.30 Å². The molecule has 0 atom stereocenters. The molecule has 0 aliphatic rings. The molecule has 132 valence electrons. The van der Waals surface area contributed by atoms with Crippen LogP contribution in [0.5, 0.6) is 0 Å².